The topological polar surface area (TPSA) is 46.3 Å². The molecule has 1 aromatic heterocycles. The lowest BCUT2D eigenvalue weighted by Gasteiger charge is -2.18. The first kappa shape index (κ1) is 13.9. The van der Waals surface area contributed by atoms with Gasteiger partial charge < -0.3 is 10.6 Å². The van der Waals surface area contributed by atoms with Crippen LogP contribution in [-0.4, -0.2) is 24.4 Å². The van der Waals surface area contributed by atoms with Crippen molar-refractivity contribution in [3.63, 3.8) is 0 Å². The molecular formula is C15H20N2OS. The third-order valence-electron chi connectivity index (χ3n) is 3.13. The maximum atomic E-state index is 12.4. The summed E-state index contributed by atoms with van der Waals surface area (Å²) in [5, 5.41) is 0.992. The van der Waals surface area contributed by atoms with E-state index >= 15 is 0 Å². The number of hydrogen-bond donors (Lipinski definition) is 1. The number of aryl methyl sites for hydroxylation is 1. The van der Waals surface area contributed by atoms with Gasteiger partial charge in [0.05, 0.1) is 5.69 Å². The summed E-state index contributed by atoms with van der Waals surface area (Å²) in [6.07, 6.45) is 0. The van der Waals surface area contributed by atoms with Crippen LogP contribution in [-0.2, 0) is 0 Å². The molecule has 19 heavy (non-hydrogen) atoms. The molecule has 3 nitrogen and oxygen atoms in total. The first-order valence-electron chi connectivity index (χ1n) is 6.45. The fourth-order valence-electron chi connectivity index (χ4n) is 2.24. The van der Waals surface area contributed by atoms with Crippen LogP contribution < -0.4 is 5.73 Å². The smallest absolute Gasteiger partial charge is 0.265 e. The molecule has 1 amide bonds. The van der Waals surface area contributed by atoms with Gasteiger partial charge in [-0.25, -0.2) is 0 Å². The predicted molar refractivity (Wildman–Crippen MR) is 82.8 cm³/mol. The van der Waals surface area contributed by atoms with Gasteiger partial charge in [-0.2, -0.15) is 0 Å². The highest BCUT2D eigenvalue weighted by molar-refractivity contribution is 7.21. The number of carbonyl (C=O) groups excluding carboxylic acids is 1. The molecule has 0 spiro atoms. The molecule has 2 N–H and O–H groups in total. The number of amides is 1. The summed E-state index contributed by atoms with van der Waals surface area (Å²) >= 11 is 1.50. The molecule has 4 heteroatoms. The van der Waals surface area contributed by atoms with Gasteiger partial charge in [0.2, 0.25) is 0 Å². The molecule has 0 atom stereocenters. The van der Waals surface area contributed by atoms with E-state index in [1.54, 1.807) is 4.90 Å². The van der Waals surface area contributed by atoms with Crippen molar-refractivity contribution < 1.29 is 4.79 Å². The van der Waals surface area contributed by atoms with Crippen molar-refractivity contribution in [3.8, 4) is 0 Å². The van der Waals surface area contributed by atoms with Gasteiger partial charge in [0.25, 0.3) is 5.91 Å². The lowest BCUT2D eigenvalue weighted by atomic mass is 10.1. The summed E-state index contributed by atoms with van der Waals surface area (Å²) in [6.45, 7) is 6.99. The van der Waals surface area contributed by atoms with Crippen molar-refractivity contribution in [3.05, 3.63) is 28.6 Å². The quantitative estimate of drug-likeness (QED) is 0.932. The summed E-state index contributed by atoms with van der Waals surface area (Å²) in [4.78, 5) is 14.8. The molecule has 1 heterocycles. The van der Waals surface area contributed by atoms with E-state index in [1.165, 1.54) is 16.9 Å². The summed E-state index contributed by atoms with van der Waals surface area (Å²) in [5.74, 6) is 0.470. The van der Waals surface area contributed by atoms with Crippen LogP contribution in [0.2, 0.25) is 0 Å². The molecule has 0 aliphatic carbocycles. The second kappa shape index (κ2) is 5.21. The van der Waals surface area contributed by atoms with Crippen LogP contribution in [0.3, 0.4) is 0 Å². The van der Waals surface area contributed by atoms with Crippen molar-refractivity contribution in [2.45, 2.75) is 20.8 Å². The van der Waals surface area contributed by atoms with Crippen LogP contribution in [0.1, 0.15) is 29.1 Å². The average Bonchev–Trinajstić information content (AvgIpc) is 2.67. The van der Waals surface area contributed by atoms with Crippen molar-refractivity contribution in [2.75, 3.05) is 19.3 Å². The largest absolute Gasteiger partial charge is 0.397 e. The number of nitrogen functional groups attached to an aromatic ring is 1. The van der Waals surface area contributed by atoms with Crippen molar-refractivity contribution >= 4 is 33.0 Å². The maximum absolute atomic E-state index is 12.4. The van der Waals surface area contributed by atoms with Crippen LogP contribution in [0.5, 0.6) is 0 Å². The third-order valence-corrected chi connectivity index (χ3v) is 4.48. The minimum Gasteiger partial charge on any atom is -0.397 e. The molecule has 1 aromatic carbocycles. The molecule has 2 aromatic rings. The highest BCUT2D eigenvalue weighted by atomic mass is 32.1. The average molecular weight is 276 g/mol. The van der Waals surface area contributed by atoms with Gasteiger partial charge in [-0.15, -0.1) is 11.3 Å². The minimum atomic E-state index is 0.0202. The van der Waals surface area contributed by atoms with Crippen molar-refractivity contribution in [1.29, 1.82) is 0 Å². The lowest BCUT2D eigenvalue weighted by Crippen LogP contribution is -2.30. The standard InChI is InChI=1S/C15H20N2OS/c1-9(2)8-17(4)15(18)14-12(16)11-7-5-6-10(3)13(11)19-14/h5-7,9H,8,16H2,1-4H3. The van der Waals surface area contributed by atoms with Crippen LogP contribution in [0.15, 0.2) is 18.2 Å². The highest BCUT2D eigenvalue weighted by Gasteiger charge is 2.20. The minimum absolute atomic E-state index is 0.0202. The number of carbonyl (C=O) groups is 1. The predicted octanol–water partition coefficient (Wildman–Crippen LogP) is 3.52. The number of nitrogens with zero attached hydrogens (tertiary/aromatic N) is 1. The van der Waals surface area contributed by atoms with Gasteiger partial charge in [0.15, 0.2) is 0 Å². The molecule has 0 radical (unpaired) electrons. The van der Waals surface area contributed by atoms with Crippen molar-refractivity contribution in [2.24, 2.45) is 5.92 Å². The Labute approximate surface area is 118 Å². The van der Waals surface area contributed by atoms with E-state index in [0.717, 1.165) is 16.6 Å². The first-order chi connectivity index (χ1) is 8.91. The van der Waals surface area contributed by atoms with Crippen LogP contribution in [0.25, 0.3) is 10.1 Å². The van der Waals surface area contributed by atoms with Crippen molar-refractivity contribution in [1.82, 2.24) is 4.90 Å². The van der Waals surface area contributed by atoms with Gasteiger partial charge in [0, 0.05) is 23.7 Å². The first-order valence-corrected chi connectivity index (χ1v) is 7.26. The Bertz CT molecular complexity index is 616. The number of rotatable bonds is 3. The maximum Gasteiger partial charge on any atom is 0.265 e. The fraction of sp³-hybridized carbons (Fsp3) is 0.400. The molecule has 0 aliphatic heterocycles. The summed E-state index contributed by atoms with van der Waals surface area (Å²) in [5.41, 5.74) is 7.92. The Hall–Kier alpha value is -1.55. The summed E-state index contributed by atoms with van der Waals surface area (Å²) < 4.78 is 1.11. The number of thiophene rings is 1. The van der Waals surface area contributed by atoms with Gasteiger partial charge in [-0.3, -0.25) is 4.79 Å². The Kier molecular flexibility index (Phi) is 3.80. The number of benzene rings is 1. The van der Waals surface area contributed by atoms with E-state index < -0.39 is 0 Å². The van der Waals surface area contributed by atoms with E-state index in [9.17, 15) is 4.79 Å². The second-order valence-corrected chi connectivity index (χ2v) is 6.40. The van der Waals surface area contributed by atoms with Gasteiger partial charge in [0.1, 0.15) is 4.88 Å². The van der Waals surface area contributed by atoms with Gasteiger partial charge in [-0.1, -0.05) is 32.0 Å². The van der Waals surface area contributed by atoms with Crippen LogP contribution >= 0.6 is 11.3 Å². The molecule has 0 saturated heterocycles. The normalized spacial score (nSPS) is 11.2. The molecule has 0 fully saturated rings. The molecule has 102 valence electrons. The molecule has 0 unspecified atom stereocenters. The van der Waals surface area contributed by atoms with Crippen LogP contribution in [0.4, 0.5) is 5.69 Å². The lowest BCUT2D eigenvalue weighted by molar-refractivity contribution is 0.0785. The number of anilines is 1. The summed E-state index contributed by atoms with van der Waals surface area (Å²) in [6, 6.07) is 6.00. The Morgan fingerprint density at radius 1 is 1.42 bits per heavy atom. The number of nitrogens with two attached hydrogens (primary N) is 1. The van der Waals surface area contributed by atoms with Crippen LogP contribution in [0, 0.1) is 12.8 Å². The molecule has 0 saturated carbocycles. The zero-order valence-corrected chi connectivity index (χ0v) is 12.7. The highest BCUT2D eigenvalue weighted by Crippen LogP contribution is 2.36. The van der Waals surface area contributed by atoms with E-state index in [-0.39, 0.29) is 5.91 Å². The number of hydrogen-bond acceptors (Lipinski definition) is 3. The molecule has 0 aliphatic rings. The molecule has 2 rings (SSSR count). The Balaban J connectivity index is 2.43. The van der Waals surface area contributed by atoms with Gasteiger partial charge >= 0.3 is 0 Å². The SMILES string of the molecule is Cc1cccc2c(N)c(C(=O)N(C)CC(C)C)sc12. The van der Waals surface area contributed by atoms with Gasteiger partial charge in [-0.05, 0) is 18.4 Å². The second-order valence-electron chi connectivity index (χ2n) is 5.38. The Morgan fingerprint density at radius 3 is 2.68 bits per heavy atom. The third kappa shape index (κ3) is 2.59. The fourth-order valence-corrected chi connectivity index (χ4v) is 3.43. The van der Waals surface area contributed by atoms with E-state index in [2.05, 4.69) is 13.8 Å². The van der Waals surface area contributed by atoms with E-state index in [0.29, 0.717) is 16.5 Å². The zero-order valence-electron chi connectivity index (χ0n) is 11.9. The summed E-state index contributed by atoms with van der Waals surface area (Å²) in [7, 11) is 1.83. The zero-order chi connectivity index (χ0) is 14.2. The van der Waals surface area contributed by atoms with E-state index in [4.69, 9.17) is 5.73 Å². The molecular weight excluding hydrogens is 256 g/mol. The molecule has 0 bridgehead atoms. The Morgan fingerprint density at radius 2 is 2.11 bits per heavy atom. The monoisotopic (exact) mass is 276 g/mol. The van der Waals surface area contributed by atoms with E-state index in [1.807, 2.05) is 32.2 Å². The number of fused-ring (bicyclic) bond motifs is 1.